The normalized spacial score (nSPS) is 19.3. The van der Waals surface area contributed by atoms with E-state index in [9.17, 15) is 24.3 Å². The van der Waals surface area contributed by atoms with Gasteiger partial charge in [-0.1, -0.05) is 30.3 Å². The van der Waals surface area contributed by atoms with Crippen LogP contribution in [0.3, 0.4) is 0 Å². The van der Waals surface area contributed by atoms with E-state index in [4.69, 9.17) is 9.47 Å². The van der Waals surface area contributed by atoms with E-state index in [0.717, 1.165) is 9.80 Å². The fourth-order valence-corrected chi connectivity index (χ4v) is 4.38. The molecule has 2 aromatic rings. The van der Waals surface area contributed by atoms with Gasteiger partial charge in [0.25, 0.3) is 0 Å². The van der Waals surface area contributed by atoms with Crippen molar-refractivity contribution in [1.29, 1.82) is 0 Å². The number of methoxy groups -OCH3 is 2. The zero-order valence-corrected chi connectivity index (χ0v) is 19.3. The third kappa shape index (κ3) is 4.70. The number of carboxylic acid groups (broad SMARTS) is 1. The molecule has 4 rings (SSSR count). The fourth-order valence-electron chi connectivity index (χ4n) is 4.38. The standard InChI is InChI=1S/C24H26N4O7/c1-34-17-9-8-16(19(10-17)35-2)13-26-18(14-27-20(29)11-25-23(27)31)21(22(26)30)28(24(32)33)12-15-6-4-3-5-7-15/h3-10,18,21H,11-14H2,1-2H3,(H,25,31)(H,32,33)/t18-,21-/m0/s1. The van der Waals surface area contributed by atoms with Crippen LogP contribution in [0.4, 0.5) is 9.59 Å². The number of β-lactam (4-membered cyclic amide) rings is 1. The maximum atomic E-state index is 13.3. The van der Waals surface area contributed by atoms with Crippen molar-refractivity contribution in [1.82, 2.24) is 20.0 Å². The largest absolute Gasteiger partial charge is 0.497 e. The molecule has 2 aliphatic heterocycles. The summed E-state index contributed by atoms with van der Waals surface area (Å²) in [6.45, 7) is -0.167. The third-order valence-electron chi connectivity index (χ3n) is 6.22. The molecule has 0 aromatic heterocycles. The predicted octanol–water partition coefficient (Wildman–Crippen LogP) is 1.52. The van der Waals surface area contributed by atoms with Gasteiger partial charge in [-0.25, -0.2) is 9.59 Å². The highest BCUT2D eigenvalue weighted by atomic mass is 16.5. The van der Waals surface area contributed by atoms with E-state index in [1.807, 2.05) is 6.07 Å². The van der Waals surface area contributed by atoms with Crippen LogP contribution >= 0.6 is 0 Å². The maximum absolute atomic E-state index is 13.3. The van der Waals surface area contributed by atoms with E-state index < -0.39 is 36.0 Å². The predicted molar refractivity (Wildman–Crippen MR) is 123 cm³/mol. The summed E-state index contributed by atoms with van der Waals surface area (Å²) in [6, 6.07) is 11.7. The van der Waals surface area contributed by atoms with Crippen LogP contribution in [-0.4, -0.2) is 83.1 Å². The quantitative estimate of drug-likeness (QED) is 0.410. The first kappa shape index (κ1) is 23.9. The Bertz CT molecular complexity index is 1120. The van der Waals surface area contributed by atoms with Gasteiger partial charge in [-0.15, -0.1) is 0 Å². The molecular weight excluding hydrogens is 456 g/mol. The van der Waals surface area contributed by atoms with Crippen LogP contribution < -0.4 is 14.8 Å². The molecule has 5 amide bonds. The van der Waals surface area contributed by atoms with Crippen molar-refractivity contribution >= 4 is 23.9 Å². The number of likely N-dealkylation sites (tertiary alicyclic amines) is 1. The van der Waals surface area contributed by atoms with Crippen LogP contribution in [0.2, 0.25) is 0 Å². The van der Waals surface area contributed by atoms with Gasteiger partial charge in [-0.3, -0.25) is 19.4 Å². The molecule has 0 unspecified atom stereocenters. The highest BCUT2D eigenvalue weighted by Crippen LogP contribution is 2.33. The molecule has 2 atom stereocenters. The lowest BCUT2D eigenvalue weighted by Gasteiger charge is -2.51. The third-order valence-corrected chi connectivity index (χ3v) is 6.22. The number of imide groups is 1. The molecule has 2 heterocycles. The number of rotatable bonds is 9. The number of carbonyl (C=O) groups excluding carboxylic acids is 3. The molecule has 184 valence electrons. The van der Waals surface area contributed by atoms with Crippen molar-refractivity contribution in [2.24, 2.45) is 0 Å². The zero-order chi connectivity index (χ0) is 25.1. The van der Waals surface area contributed by atoms with E-state index in [1.165, 1.54) is 19.1 Å². The lowest BCUT2D eigenvalue weighted by Crippen LogP contribution is -2.73. The number of nitrogens with zero attached hydrogens (tertiary/aromatic N) is 3. The summed E-state index contributed by atoms with van der Waals surface area (Å²) in [5.74, 6) is 0.223. The molecule has 2 aliphatic rings. The molecule has 2 fully saturated rings. The summed E-state index contributed by atoms with van der Waals surface area (Å²) < 4.78 is 10.7. The first-order valence-electron chi connectivity index (χ1n) is 11.0. The van der Waals surface area contributed by atoms with Crippen LogP contribution in [0.1, 0.15) is 11.1 Å². The van der Waals surface area contributed by atoms with Gasteiger partial charge in [0.2, 0.25) is 11.8 Å². The molecule has 0 aliphatic carbocycles. The number of benzene rings is 2. The van der Waals surface area contributed by atoms with Crippen molar-refractivity contribution in [3.05, 3.63) is 59.7 Å². The second-order valence-corrected chi connectivity index (χ2v) is 8.22. The van der Waals surface area contributed by atoms with Gasteiger partial charge < -0.3 is 24.8 Å². The smallest absolute Gasteiger partial charge is 0.408 e. The van der Waals surface area contributed by atoms with Crippen molar-refractivity contribution in [2.45, 2.75) is 25.2 Å². The highest BCUT2D eigenvalue weighted by molar-refractivity contribution is 6.02. The van der Waals surface area contributed by atoms with Crippen molar-refractivity contribution < 1.29 is 33.8 Å². The minimum Gasteiger partial charge on any atom is -0.497 e. The summed E-state index contributed by atoms with van der Waals surface area (Å²) >= 11 is 0. The number of hydrogen-bond acceptors (Lipinski definition) is 6. The Hall–Kier alpha value is -4.28. The number of amides is 5. The number of hydrogen-bond donors (Lipinski definition) is 2. The molecule has 2 saturated heterocycles. The van der Waals surface area contributed by atoms with Crippen LogP contribution in [0, 0.1) is 0 Å². The number of carbonyl (C=O) groups is 4. The Labute approximate surface area is 201 Å². The van der Waals surface area contributed by atoms with Crippen LogP contribution in [0.25, 0.3) is 0 Å². The summed E-state index contributed by atoms with van der Waals surface area (Å²) in [4.78, 5) is 53.5. The average Bonchev–Trinajstić information content (AvgIpc) is 3.18. The Balaban J connectivity index is 1.63. The Morgan fingerprint density at radius 2 is 1.86 bits per heavy atom. The van der Waals surface area contributed by atoms with Gasteiger partial charge in [0.1, 0.15) is 17.5 Å². The first-order chi connectivity index (χ1) is 16.8. The topological polar surface area (TPSA) is 129 Å². The van der Waals surface area contributed by atoms with Gasteiger partial charge in [-0.2, -0.15) is 0 Å². The van der Waals surface area contributed by atoms with Gasteiger partial charge in [0, 0.05) is 24.7 Å². The SMILES string of the molecule is COc1ccc(CN2C(=O)[C@@H](N(Cc3ccccc3)C(=O)O)[C@@H]2CN2C(=O)CNC2=O)c(OC)c1. The molecule has 2 aromatic carbocycles. The second-order valence-electron chi connectivity index (χ2n) is 8.22. The van der Waals surface area contributed by atoms with Gasteiger partial charge in [-0.05, 0) is 17.7 Å². The summed E-state index contributed by atoms with van der Waals surface area (Å²) in [5, 5.41) is 12.4. The van der Waals surface area contributed by atoms with Crippen LogP contribution in [0.5, 0.6) is 11.5 Å². The lowest BCUT2D eigenvalue weighted by molar-refractivity contribution is -0.161. The fraction of sp³-hybridized carbons (Fsp3) is 0.333. The van der Waals surface area contributed by atoms with Crippen LogP contribution in [0.15, 0.2) is 48.5 Å². The van der Waals surface area contributed by atoms with Gasteiger partial charge in [0.15, 0.2) is 0 Å². The minimum atomic E-state index is -1.27. The van der Waals surface area contributed by atoms with Crippen molar-refractivity contribution in [3.63, 3.8) is 0 Å². The molecule has 0 saturated carbocycles. The number of nitrogens with one attached hydrogen (secondary N) is 1. The summed E-state index contributed by atoms with van der Waals surface area (Å²) in [5.41, 5.74) is 1.39. The first-order valence-corrected chi connectivity index (χ1v) is 11.0. The Kier molecular flexibility index (Phi) is 6.76. The average molecular weight is 482 g/mol. The van der Waals surface area contributed by atoms with Gasteiger partial charge in [0.05, 0.1) is 33.4 Å². The summed E-state index contributed by atoms with van der Waals surface area (Å²) in [7, 11) is 3.02. The van der Waals surface area contributed by atoms with E-state index in [2.05, 4.69) is 5.32 Å². The number of urea groups is 1. The molecule has 35 heavy (non-hydrogen) atoms. The minimum absolute atomic E-state index is 0.0110. The molecule has 0 radical (unpaired) electrons. The number of ether oxygens (including phenoxy) is 2. The monoisotopic (exact) mass is 482 g/mol. The van der Waals surface area contributed by atoms with E-state index in [-0.39, 0.29) is 26.2 Å². The van der Waals surface area contributed by atoms with Crippen molar-refractivity contribution in [2.75, 3.05) is 27.3 Å². The van der Waals surface area contributed by atoms with Gasteiger partial charge >= 0.3 is 12.1 Å². The highest BCUT2D eigenvalue weighted by Gasteiger charge is 2.53. The van der Waals surface area contributed by atoms with E-state index in [1.54, 1.807) is 42.5 Å². The molecule has 0 bridgehead atoms. The molecule has 11 heteroatoms. The summed E-state index contributed by atoms with van der Waals surface area (Å²) in [6.07, 6.45) is -1.27. The van der Waals surface area contributed by atoms with E-state index in [0.29, 0.717) is 22.6 Å². The molecule has 11 nitrogen and oxygen atoms in total. The Morgan fingerprint density at radius 1 is 1.11 bits per heavy atom. The van der Waals surface area contributed by atoms with Crippen molar-refractivity contribution in [3.8, 4) is 11.5 Å². The lowest BCUT2D eigenvalue weighted by atomic mass is 9.91. The Morgan fingerprint density at radius 3 is 2.46 bits per heavy atom. The molecule has 0 spiro atoms. The second kappa shape index (κ2) is 9.92. The molecular formula is C24H26N4O7. The van der Waals surface area contributed by atoms with Crippen LogP contribution in [-0.2, 0) is 22.7 Å². The molecule has 2 N–H and O–H groups in total. The van der Waals surface area contributed by atoms with E-state index >= 15 is 0 Å². The maximum Gasteiger partial charge on any atom is 0.408 e. The zero-order valence-electron chi connectivity index (χ0n) is 19.3.